The molecule has 0 bridgehead atoms. The highest BCUT2D eigenvalue weighted by Crippen LogP contribution is 2.42. The second-order valence-electron chi connectivity index (χ2n) is 4.62. The first-order valence-electron chi connectivity index (χ1n) is 6.99. The maximum Gasteiger partial charge on any atom is 0.434 e. The summed E-state index contributed by atoms with van der Waals surface area (Å²) in [6.07, 6.45) is 1.35. The third kappa shape index (κ3) is 3.61. The number of thioether (sulfide) groups is 1. The largest absolute Gasteiger partial charge is 0.493 e. The molecule has 130 valence electrons. The van der Waals surface area contributed by atoms with Gasteiger partial charge in [-0.1, -0.05) is 0 Å². The highest BCUT2D eigenvalue weighted by molar-refractivity contribution is 8.15. The Balaban J connectivity index is 2.54. The van der Waals surface area contributed by atoms with Gasteiger partial charge >= 0.3 is 6.09 Å². The molecule has 1 aromatic carbocycles. The summed E-state index contributed by atoms with van der Waals surface area (Å²) in [7, 11) is 2.58. The molecule has 0 spiro atoms. The summed E-state index contributed by atoms with van der Waals surface area (Å²) in [5.41, 5.74) is -0.382. The van der Waals surface area contributed by atoms with Crippen molar-refractivity contribution in [1.82, 2.24) is 0 Å². The Morgan fingerprint density at radius 3 is 2.58 bits per heavy atom. The van der Waals surface area contributed by atoms with Gasteiger partial charge in [0.25, 0.3) is 0 Å². The molecule has 9 heteroatoms. The number of rotatable bonds is 3. The number of hydrogen-bond acceptors (Lipinski definition) is 7. The molecular weight excluding hydrogens is 339 g/mol. The summed E-state index contributed by atoms with van der Waals surface area (Å²) in [6, 6.07) is 1.33. The van der Waals surface area contributed by atoms with Crippen LogP contribution in [0.2, 0.25) is 0 Å². The van der Waals surface area contributed by atoms with Gasteiger partial charge in [0.2, 0.25) is 11.5 Å². The molecule has 24 heavy (non-hydrogen) atoms. The number of benzene rings is 1. The molecule has 1 aliphatic rings. The number of hydrogen-bond donors (Lipinski definition) is 1. The Morgan fingerprint density at radius 2 is 2.00 bits per heavy atom. The van der Waals surface area contributed by atoms with Gasteiger partial charge in [-0.05, 0) is 12.3 Å². The number of ether oxygens (including phenoxy) is 4. The van der Waals surface area contributed by atoms with Crippen molar-refractivity contribution >= 4 is 28.6 Å². The lowest BCUT2D eigenvalue weighted by Gasteiger charge is -2.16. The Kier molecular flexibility index (Phi) is 6.02. The average molecular weight is 356 g/mol. The molecule has 1 N–H and O–H groups in total. The van der Waals surface area contributed by atoms with Crippen LogP contribution in [-0.2, 0) is 4.74 Å². The van der Waals surface area contributed by atoms with Crippen LogP contribution in [0, 0.1) is 11.2 Å². The summed E-state index contributed by atoms with van der Waals surface area (Å²) in [6.45, 7) is 0.662. The summed E-state index contributed by atoms with van der Waals surface area (Å²) < 4.78 is 35.4. The van der Waals surface area contributed by atoms with Crippen LogP contribution in [0.1, 0.15) is 12.0 Å². The Labute approximate surface area is 142 Å². The van der Waals surface area contributed by atoms with Gasteiger partial charge in [-0.15, -0.1) is 11.8 Å². The van der Waals surface area contributed by atoms with Crippen LogP contribution >= 0.6 is 11.8 Å². The van der Waals surface area contributed by atoms with E-state index in [-0.39, 0.29) is 40.2 Å². The topological polar surface area (TPSA) is 90.2 Å². The minimum absolute atomic E-state index is 0.0114. The number of fused-ring (bicyclic) bond motifs is 1. The number of carbonyl (C=O) groups excluding carboxylic acids is 1. The van der Waals surface area contributed by atoms with E-state index in [9.17, 15) is 9.18 Å². The molecule has 1 aliphatic heterocycles. The van der Waals surface area contributed by atoms with Gasteiger partial charge in [0, 0.05) is 12.0 Å². The predicted molar refractivity (Wildman–Crippen MR) is 88.7 cm³/mol. The molecule has 1 aromatic rings. The minimum atomic E-state index is -0.870. The fraction of sp³-hybridized carbons (Fsp3) is 0.400. The maximum absolute atomic E-state index is 14.8. The van der Waals surface area contributed by atoms with Crippen LogP contribution < -0.4 is 14.2 Å². The summed E-state index contributed by atoms with van der Waals surface area (Å²) >= 11 is 1.03. The van der Waals surface area contributed by atoms with E-state index in [0.717, 1.165) is 11.8 Å². The SMILES string of the molecule is COC(=O)/N=C(\SC)C(=N)c1cc(OC)c2c(c1F)OCCCO2. The molecule has 2 rings (SSSR count). The number of nitrogens with zero attached hydrogens (tertiary/aromatic N) is 1. The molecule has 0 fully saturated rings. The van der Waals surface area contributed by atoms with Gasteiger partial charge in [0.05, 0.1) is 33.1 Å². The van der Waals surface area contributed by atoms with E-state index in [1.165, 1.54) is 20.3 Å². The fourth-order valence-corrected chi connectivity index (χ4v) is 2.53. The standard InChI is InChI=1S/C15H17FN2O5S/c1-20-9-7-8(11(17)14(24-3)18-15(19)21-2)10(16)13-12(9)22-5-4-6-23-13/h7,17H,4-6H2,1-3H3/b17-11?,18-14-. The molecule has 0 unspecified atom stereocenters. The van der Waals surface area contributed by atoms with Gasteiger partial charge < -0.3 is 18.9 Å². The average Bonchev–Trinajstić information content (AvgIpc) is 2.85. The van der Waals surface area contributed by atoms with Crippen molar-refractivity contribution in [3.05, 3.63) is 17.4 Å². The van der Waals surface area contributed by atoms with Gasteiger partial charge in [-0.2, -0.15) is 4.99 Å². The minimum Gasteiger partial charge on any atom is -0.493 e. The van der Waals surface area contributed by atoms with Crippen LogP contribution in [0.3, 0.4) is 0 Å². The lowest BCUT2D eigenvalue weighted by Crippen LogP contribution is -2.16. The summed E-state index contributed by atoms with van der Waals surface area (Å²) in [5, 5.41) is 8.20. The van der Waals surface area contributed by atoms with Crippen molar-refractivity contribution in [2.24, 2.45) is 4.99 Å². The van der Waals surface area contributed by atoms with E-state index in [0.29, 0.717) is 13.0 Å². The third-order valence-corrected chi connectivity index (χ3v) is 3.87. The molecule has 7 nitrogen and oxygen atoms in total. The molecule has 0 atom stereocenters. The number of carbonyl (C=O) groups is 1. The number of amides is 1. The molecule has 0 saturated heterocycles. The second kappa shape index (κ2) is 8.00. The lowest BCUT2D eigenvalue weighted by molar-refractivity contribution is 0.183. The van der Waals surface area contributed by atoms with Gasteiger partial charge in [0.1, 0.15) is 5.04 Å². The van der Waals surface area contributed by atoms with Gasteiger partial charge in [-0.3, -0.25) is 5.41 Å². The zero-order valence-corrected chi connectivity index (χ0v) is 14.3. The maximum atomic E-state index is 14.8. The monoisotopic (exact) mass is 356 g/mol. The van der Waals surface area contributed by atoms with E-state index >= 15 is 0 Å². The predicted octanol–water partition coefficient (Wildman–Crippen LogP) is 2.89. The van der Waals surface area contributed by atoms with E-state index in [1.54, 1.807) is 6.26 Å². The Bertz CT molecular complexity index is 693. The van der Waals surface area contributed by atoms with Crippen molar-refractivity contribution in [3.63, 3.8) is 0 Å². The zero-order chi connectivity index (χ0) is 17.7. The van der Waals surface area contributed by atoms with Crippen molar-refractivity contribution in [2.45, 2.75) is 6.42 Å². The van der Waals surface area contributed by atoms with Crippen molar-refractivity contribution in [1.29, 1.82) is 5.41 Å². The molecule has 0 radical (unpaired) electrons. The smallest absolute Gasteiger partial charge is 0.434 e. The van der Waals surface area contributed by atoms with E-state index in [1.807, 2.05) is 0 Å². The van der Waals surface area contributed by atoms with Gasteiger partial charge in [-0.25, -0.2) is 9.18 Å². The first kappa shape index (κ1) is 18.1. The van der Waals surface area contributed by atoms with Crippen LogP contribution in [0.5, 0.6) is 17.2 Å². The summed E-state index contributed by atoms with van der Waals surface area (Å²) in [5.74, 6) is -0.458. The summed E-state index contributed by atoms with van der Waals surface area (Å²) in [4.78, 5) is 15.0. The van der Waals surface area contributed by atoms with Crippen molar-refractivity contribution in [2.75, 3.05) is 33.7 Å². The van der Waals surface area contributed by atoms with Crippen molar-refractivity contribution in [3.8, 4) is 17.2 Å². The normalized spacial score (nSPS) is 13.9. The van der Waals surface area contributed by atoms with Crippen molar-refractivity contribution < 1.29 is 28.1 Å². The quantitative estimate of drug-likeness (QED) is 0.661. The first-order valence-corrected chi connectivity index (χ1v) is 8.22. The van der Waals surface area contributed by atoms with Gasteiger partial charge in [0.15, 0.2) is 11.6 Å². The first-order chi connectivity index (χ1) is 11.5. The number of halogens is 1. The molecule has 0 saturated carbocycles. The highest BCUT2D eigenvalue weighted by atomic mass is 32.2. The van der Waals surface area contributed by atoms with Crippen LogP contribution in [-0.4, -0.2) is 50.5 Å². The number of aliphatic imine (C=N–C) groups is 1. The lowest BCUT2D eigenvalue weighted by atomic mass is 10.1. The van der Waals surface area contributed by atoms with Crippen LogP contribution in [0.4, 0.5) is 9.18 Å². The third-order valence-electron chi connectivity index (χ3n) is 3.19. The second-order valence-corrected chi connectivity index (χ2v) is 5.41. The van der Waals surface area contributed by atoms with Crippen LogP contribution in [0.15, 0.2) is 11.1 Å². The van der Waals surface area contributed by atoms with E-state index < -0.39 is 11.9 Å². The number of nitrogens with one attached hydrogen (secondary N) is 1. The fourth-order valence-electron chi connectivity index (χ4n) is 2.05. The molecular formula is C15H17FN2O5S. The molecule has 0 aromatic heterocycles. The Hall–Kier alpha value is -2.29. The zero-order valence-electron chi connectivity index (χ0n) is 13.5. The molecule has 1 heterocycles. The Morgan fingerprint density at radius 1 is 1.33 bits per heavy atom. The highest BCUT2D eigenvalue weighted by Gasteiger charge is 2.27. The molecule has 0 aliphatic carbocycles. The van der Waals surface area contributed by atoms with E-state index in [2.05, 4.69) is 9.73 Å². The molecule has 1 amide bonds. The van der Waals surface area contributed by atoms with E-state index in [4.69, 9.17) is 19.6 Å². The van der Waals surface area contributed by atoms with Crippen LogP contribution in [0.25, 0.3) is 0 Å². The number of methoxy groups -OCH3 is 2.